The van der Waals surface area contributed by atoms with Gasteiger partial charge in [0.15, 0.2) is 0 Å². The molecule has 0 bridgehead atoms. The molecule has 0 saturated heterocycles. The molecule has 110 valence electrons. The predicted octanol–water partition coefficient (Wildman–Crippen LogP) is 3.58. The molecule has 0 saturated carbocycles. The average molecular weight is 275 g/mol. The first-order valence-corrected chi connectivity index (χ1v) is 7.34. The van der Waals surface area contributed by atoms with Crippen molar-refractivity contribution in [3.8, 4) is 11.5 Å². The standard InChI is InChI=1S/C17H25NO2/c1-11(2)12(3)14-9-15(19)17(16(20)10-14)13-5-7-18(4)8-6-13/h5,9-12,19-20H,6-8H2,1-4H3. The summed E-state index contributed by atoms with van der Waals surface area (Å²) in [4.78, 5) is 2.22. The lowest BCUT2D eigenvalue weighted by Crippen LogP contribution is -2.23. The summed E-state index contributed by atoms with van der Waals surface area (Å²) >= 11 is 0. The van der Waals surface area contributed by atoms with Gasteiger partial charge in [-0.25, -0.2) is 0 Å². The monoisotopic (exact) mass is 275 g/mol. The minimum atomic E-state index is 0.198. The summed E-state index contributed by atoms with van der Waals surface area (Å²) in [5.74, 6) is 1.18. The zero-order chi connectivity index (χ0) is 14.9. The fraction of sp³-hybridized carbons (Fsp3) is 0.529. The largest absolute Gasteiger partial charge is 0.507 e. The van der Waals surface area contributed by atoms with E-state index < -0.39 is 0 Å². The third-order valence-corrected chi connectivity index (χ3v) is 4.38. The lowest BCUT2D eigenvalue weighted by atomic mass is 9.87. The normalized spacial score (nSPS) is 18.1. The molecule has 0 amide bonds. The average Bonchev–Trinajstić information content (AvgIpc) is 2.39. The minimum absolute atomic E-state index is 0.198. The van der Waals surface area contributed by atoms with Crippen molar-refractivity contribution in [2.24, 2.45) is 5.92 Å². The quantitative estimate of drug-likeness (QED) is 0.886. The molecule has 1 aromatic carbocycles. The summed E-state index contributed by atoms with van der Waals surface area (Å²) in [5, 5.41) is 20.6. The molecule has 3 heteroatoms. The van der Waals surface area contributed by atoms with Gasteiger partial charge in [-0.3, -0.25) is 0 Å². The highest BCUT2D eigenvalue weighted by Gasteiger charge is 2.20. The number of likely N-dealkylation sites (N-methyl/N-ethyl adjacent to an activating group) is 1. The summed E-state index contributed by atoms with van der Waals surface area (Å²) in [7, 11) is 2.07. The van der Waals surface area contributed by atoms with Gasteiger partial charge in [0, 0.05) is 13.1 Å². The molecule has 0 aromatic heterocycles. The van der Waals surface area contributed by atoms with E-state index in [0.717, 1.165) is 30.6 Å². The van der Waals surface area contributed by atoms with Gasteiger partial charge in [0.25, 0.3) is 0 Å². The summed E-state index contributed by atoms with van der Waals surface area (Å²) in [6.07, 6.45) is 2.94. The van der Waals surface area contributed by atoms with Gasteiger partial charge in [0.2, 0.25) is 0 Å². The van der Waals surface area contributed by atoms with Gasteiger partial charge in [0.1, 0.15) is 11.5 Å². The summed E-state index contributed by atoms with van der Waals surface area (Å²) in [5.41, 5.74) is 2.65. The molecular weight excluding hydrogens is 250 g/mol. The van der Waals surface area contributed by atoms with Gasteiger partial charge in [-0.15, -0.1) is 0 Å². The van der Waals surface area contributed by atoms with Crippen molar-refractivity contribution in [1.82, 2.24) is 4.90 Å². The molecule has 1 aliphatic heterocycles. The lowest BCUT2D eigenvalue weighted by Gasteiger charge is -2.24. The Kier molecular flexibility index (Phi) is 4.39. The number of phenols is 2. The Balaban J connectivity index is 2.37. The minimum Gasteiger partial charge on any atom is -0.507 e. The first-order valence-electron chi connectivity index (χ1n) is 7.34. The van der Waals surface area contributed by atoms with E-state index in [2.05, 4.69) is 38.8 Å². The van der Waals surface area contributed by atoms with Crippen LogP contribution in [0.15, 0.2) is 18.2 Å². The van der Waals surface area contributed by atoms with Gasteiger partial charge in [0.05, 0.1) is 5.56 Å². The van der Waals surface area contributed by atoms with Crippen LogP contribution in [0.5, 0.6) is 11.5 Å². The second-order valence-electron chi connectivity index (χ2n) is 6.21. The van der Waals surface area contributed by atoms with E-state index in [0.29, 0.717) is 17.4 Å². The molecule has 2 N–H and O–H groups in total. The highest BCUT2D eigenvalue weighted by molar-refractivity contribution is 5.76. The first kappa shape index (κ1) is 14.9. The van der Waals surface area contributed by atoms with Gasteiger partial charge in [-0.2, -0.15) is 0 Å². The van der Waals surface area contributed by atoms with Crippen molar-refractivity contribution in [2.45, 2.75) is 33.1 Å². The van der Waals surface area contributed by atoms with E-state index in [-0.39, 0.29) is 11.5 Å². The van der Waals surface area contributed by atoms with E-state index in [1.807, 2.05) is 0 Å². The summed E-state index contributed by atoms with van der Waals surface area (Å²) in [6, 6.07) is 3.61. The Morgan fingerprint density at radius 1 is 1.10 bits per heavy atom. The number of aromatic hydroxyl groups is 2. The van der Waals surface area contributed by atoms with Gasteiger partial charge in [-0.05, 0) is 48.6 Å². The topological polar surface area (TPSA) is 43.7 Å². The van der Waals surface area contributed by atoms with E-state index >= 15 is 0 Å². The maximum Gasteiger partial charge on any atom is 0.127 e. The second kappa shape index (κ2) is 5.88. The van der Waals surface area contributed by atoms with Crippen molar-refractivity contribution >= 4 is 5.57 Å². The van der Waals surface area contributed by atoms with Crippen molar-refractivity contribution in [1.29, 1.82) is 0 Å². The van der Waals surface area contributed by atoms with Crippen molar-refractivity contribution < 1.29 is 10.2 Å². The molecule has 0 fully saturated rings. The Bertz CT molecular complexity index is 497. The van der Waals surface area contributed by atoms with Crippen LogP contribution in [0.4, 0.5) is 0 Å². The SMILES string of the molecule is CC(C)C(C)c1cc(O)c(C2=CCN(C)CC2)c(O)c1. The molecule has 20 heavy (non-hydrogen) atoms. The number of phenolic OH excluding ortho intramolecular Hbond substituents is 2. The number of hydrogen-bond acceptors (Lipinski definition) is 3. The third kappa shape index (κ3) is 2.98. The maximum atomic E-state index is 10.3. The fourth-order valence-electron chi connectivity index (χ4n) is 2.61. The first-order chi connectivity index (χ1) is 9.40. The van der Waals surface area contributed by atoms with Crippen LogP contribution in [0.25, 0.3) is 5.57 Å². The van der Waals surface area contributed by atoms with E-state index in [1.165, 1.54) is 0 Å². The number of rotatable bonds is 3. The highest BCUT2D eigenvalue weighted by Crippen LogP contribution is 2.40. The molecule has 1 unspecified atom stereocenters. The fourth-order valence-corrected chi connectivity index (χ4v) is 2.61. The van der Waals surface area contributed by atoms with Crippen LogP contribution in [0.2, 0.25) is 0 Å². The van der Waals surface area contributed by atoms with E-state index in [9.17, 15) is 10.2 Å². The highest BCUT2D eigenvalue weighted by atomic mass is 16.3. The van der Waals surface area contributed by atoms with Crippen molar-refractivity contribution in [3.05, 3.63) is 29.3 Å². The van der Waals surface area contributed by atoms with E-state index in [4.69, 9.17) is 0 Å². The maximum absolute atomic E-state index is 10.3. The Hall–Kier alpha value is -1.48. The second-order valence-corrected chi connectivity index (χ2v) is 6.21. The van der Waals surface area contributed by atoms with Crippen molar-refractivity contribution in [2.75, 3.05) is 20.1 Å². The summed E-state index contributed by atoms with van der Waals surface area (Å²) in [6.45, 7) is 8.22. The van der Waals surface area contributed by atoms with Crippen LogP contribution in [-0.4, -0.2) is 35.3 Å². The molecule has 1 aromatic rings. The Morgan fingerprint density at radius 3 is 2.15 bits per heavy atom. The molecule has 2 rings (SSSR count). The Morgan fingerprint density at radius 2 is 1.70 bits per heavy atom. The predicted molar refractivity (Wildman–Crippen MR) is 83.1 cm³/mol. The van der Waals surface area contributed by atoms with Crippen LogP contribution < -0.4 is 0 Å². The molecule has 1 heterocycles. The molecule has 1 aliphatic rings. The molecule has 0 radical (unpaired) electrons. The van der Waals surface area contributed by atoms with Gasteiger partial charge < -0.3 is 15.1 Å². The number of benzene rings is 1. The van der Waals surface area contributed by atoms with Crippen molar-refractivity contribution in [3.63, 3.8) is 0 Å². The third-order valence-electron chi connectivity index (χ3n) is 4.38. The molecule has 1 atom stereocenters. The Labute approximate surface area is 121 Å². The summed E-state index contributed by atoms with van der Waals surface area (Å²) < 4.78 is 0. The zero-order valence-corrected chi connectivity index (χ0v) is 12.8. The molecular formula is C17H25NO2. The lowest BCUT2D eigenvalue weighted by molar-refractivity contribution is 0.368. The van der Waals surface area contributed by atoms with Crippen LogP contribution in [0.3, 0.4) is 0 Å². The number of nitrogens with zero attached hydrogens (tertiary/aromatic N) is 1. The van der Waals surface area contributed by atoms with E-state index in [1.54, 1.807) is 12.1 Å². The van der Waals surface area contributed by atoms with Crippen LogP contribution in [0.1, 0.15) is 44.2 Å². The molecule has 0 spiro atoms. The molecule has 3 nitrogen and oxygen atoms in total. The van der Waals surface area contributed by atoms with Crippen LogP contribution in [-0.2, 0) is 0 Å². The van der Waals surface area contributed by atoms with Gasteiger partial charge in [-0.1, -0.05) is 26.8 Å². The van der Waals surface area contributed by atoms with Crippen LogP contribution in [0, 0.1) is 5.92 Å². The zero-order valence-electron chi connectivity index (χ0n) is 12.8. The van der Waals surface area contributed by atoms with Crippen LogP contribution >= 0.6 is 0 Å². The molecule has 0 aliphatic carbocycles. The number of hydrogen-bond donors (Lipinski definition) is 2. The van der Waals surface area contributed by atoms with Gasteiger partial charge >= 0.3 is 0 Å². The smallest absolute Gasteiger partial charge is 0.127 e.